The van der Waals surface area contributed by atoms with Crippen molar-refractivity contribution in [1.82, 2.24) is 9.88 Å². The second kappa shape index (κ2) is 14.1. The van der Waals surface area contributed by atoms with Crippen LogP contribution in [0.4, 0.5) is 0 Å². The molecule has 1 amide bonds. The number of carbonyl (C=O) groups excluding carboxylic acids is 2. The molecule has 0 unspecified atom stereocenters. The zero-order valence-electron chi connectivity index (χ0n) is 25.2. The van der Waals surface area contributed by atoms with Gasteiger partial charge in [-0.3, -0.25) is 9.59 Å². The number of rotatable bonds is 12. The first-order valence-electron chi connectivity index (χ1n) is 13.4. The molecule has 0 fully saturated rings. The van der Waals surface area contributed by atoms with E-state index in [1.54, 1.807) is 37.4 Å². The molecular weight excluding hydrogens is 512 g/mol. The van der Waals surface area contributed by atoms with Gasteiger partial charge in [-0.05, 0) is 56.2 Å². The van der Waals surface area contributed by atoms with E-state index in [0.29, 0.717) is 30.3 Å². The smallest absolute Gasteiger partial charge is 0.326 e. The van der Waals surface area contributed by atoms with Crippen LogP contribution >= 0.6 is 11.3 Å². The molecule has 7 nitrogen and oxygen atoms in total. The molecule has 0 aliphatic carbocycles. The fraction of sp³-hybridized carbons (Fsp3) is 0.581. The highest BCUT2D eigenvalue weighted by atomic mass is 32.1. The molecule has 216 valence electrons. The molecular formula is C31H46N2O5S. The molecule has 0 N–H and O–H groups in total. The van der Waals surface area contributed by atoms with E-state index in [4.69, 9.17) is 14.2 Å². The van der Waals surface area contributed by atoms with Crippen LogP contribution in [0.1, 0.15) is 88.8 Å². The lowest BCUT2D eigenvalue weighted by Crippen LogP contribution is -2.44. The summed E-state index contributed by atoms with van der Waals surface area (Å²) in [6.45, 7) is 16.1. The lowest BCUT2D eigenvalue weighted by Gasteiger charge is -2.36. The molecule has 39 heavy (non-hydrogen) atoms. The maximum absolute atomic E-state index is 14.3. The number of aromatic nitrogens is 1. The van der Waals surface area contributed by atoms with Gasteiger partial charge in [0.15, 0.2) is 0 Å². The second-order valence-corrected chi connectivity index (χ2v) is 13.0. The Morgan fingerprint density at radius 1 is 1.10 bits per heavy atom. The number of benzene rings is 1. The van der Waals surface area contributed by atoms with Crippen molar-refractivity contribution in [1.29, 1.82) is 0 Å². The fourth-order valence-corrected chi connectivity index (χ4v) is 5.26. The van der Waals surface area contributed by atoms with Gasteiger partial charge in [-0.15, -0.1) is 11.3 Å². The first kappa shape index (κ1) is 32.5. The summed E-state index contributed by atoms with van der Waals surface area (Å²) in [6, 6.07) is 4.98. The Morgan fingerprint density at radius 2 is 1.79 bits per heavy atom. The lowest BCUT2D eigenvalue weighted by atomic mass is 9.85. The quantitative estimate of drug-likeness (QED) is 0.210. The third-order valence-electron chi connectivity index (χ3n) is 6.06. The molecule has 2 rings (SSSR count). The highest BCUT2D eigenvalue weighted by molar-refractivity contribution is 7.09. The van der Waals surface area contributed by atoms with E-state index in [1.807, 2.05) is 32.2 Å². The number of ether oxygens (including phenoxy) is 3. The largest absolute Gasteiger partial charge is 0.496 e. The Kier molecular flexibility index (Phi) is 11.7. The van der Waals surface area contributed by atoms with Gasteiger partial charge >= 0.3 is 5.97 Å². The Balaban J connectivity index is 2.65. The Bertz CT molecular complexity index is 1100. The van der Waals surface area contributed by atoms with Gasteiger partial charge in [0.2, 0.25) is 0 Å². The molecule has 8 heteroatoms. The van der Waals surface area contributed by atoms with E-state index in [0.717, 1.165) is 10.6 Å². The number of nitrogens with zero attached hydrogens (tertiary/aromatic N) is 2. The van der Waals surface area contributed by atoms with Crippen LogP contribution in [0.15, 0.2) is 41.9 Å². The summed E-state index contributed by atoms with van der Waals surface area (Å²) >= 11 is 1.46. The minimum atomic E-state index is -0.689. The van der Waals surface area contributed by atoms with Crippen LogP contribution in [0, 0.1) is 11.8 Å². The Labute approximate surface area is 238 Å². The summed E-state index contributed by atoms with van der Waals surface area (Å²) in [7, 11) is 3.25. The van der Waals surface area contributed by atoms with Gasteiger partial charge in [-0.2, -0.15) is 0 Å². The molecule has 1 aromatic heterocycles. The van der Waals surface area contributed by atoms with E-state index in [1.165, 1.54) is 11.3 Å². The molecule has 1 aromatic carbocycles. The third-order valence-corrected chi connectivity index (χ3v) is 6.91. The van der Waals surface area contributed by atoms with Gasteiger partial charge in [0.05, 0.1) is 19.8 Å². The van der Waals surface area contributed by atoms with Crippen molar-refractivity contribution in [2.75, 3.05) is 27.4 Å². The zero-order chi connectivity index (χ0) is 29.4. The predicted molar refractivity (Wildman–Crippen MR) is 157 cm³/mol. The highest BCUT2D eigenvalue weighted by Gasteiger charge is 2.37. The van der Waals surface area contributed by atoms with Crippen molar-refractivity contribution >= 4 is 23.2 Å². The van der Waals surface area contributed by atoms with Crippen LogP contribution in [-0.4, -0.2) is 54.7 Å². The first-order chi connectivity index (χ1) is 18.2. The molecule has 0 bridgehead atoms. The summed E-state index contributed by atoms with van der Waals surface area (Å²) in [5.74, 6) is 0.0982. The van der Waals surface area contributed by atoms with E-state index in [-0.39, 0.29) is 23.8 Å². The highest BCUT2D eigenvalue weighted by Crippen LogP contribution is 2.36. The number of allylic oxidation sites excluding steroid dienone is 2. The molecule has 2 aromatic rings. The topological polar surface area (TPSA) is 78.0 Å². The van der Waals surface area contributed by atoms with Gasteiger partial charge in [0.1, 0.15) is 22.9 Å². The summed E-state index contributed by atoms with van der Waals surface area (Å²) in [6.07, 6.45) is 6.63. The van der Waals surface area contributed by atoms with Gasteiger partial charge < -0.3 is 19.1 Å². The summed E-state index contributed by atoms with van der Waals surface area (Å²) in [5.41, 5.74) is 0.567. The fourth-order valence-electron chi connectivity index (χ4n) is 4.42. The average Bonchev–Trinajstić information content (AvgIpc) is 3.35. The van der Waals surface area contributed by atoms with Crippen molar-refractivity contribution in [3.05, 3.63) is 58.1 Å². The summed E-state index contributed by atoms with van der Waals surface area (Å²) in [5, 5.41) is 2.62. The van der Waals surface area contributed by atoms with Crippen molar-refractivity contribution in [3.8, 4) is 5.75 Å². The Morgan fingerprint density at radius 3 is 2.31 bits per heavy atom. The molecule has 1 heterocycles. The maximum atomic E-state index is 14.3. The van der Waals surface area contributed by atoms with Gasteiger partial charge in [-0.1, -0.05) is 52.8 Å². The summed E-state index contributed by atoms with van der Waals surface area (Å²) < 4.78 is 17.0. The number of esters is 1. The minimum absolute atomic E-state index is 0.140. The van der Waals surface area contributed by atoms with Crippen molar-refractivity contribution in [2.24, 2.45) is 11.8 Å². The standard InChI is InChI=1S/C31H46N2O5S/c1-21(2)12-11-13-23(20-36-9)27(28-32-16-17-39-28)33(19-26(34)38-31(6,7)8)29(35)22-14-15-24(30(3,4)5)25(18-22)37-10/h11-12,14-18,21,23,27H,13,19-20H2,1-10H3/b12-11-/t23-,27+/m0/s1. The summed E-state index contributed by atoms with van der Waals surface area (Å²) in [4.78, 5) is 33.6. The van der Waals surface area contributed by atoms with Crippen molar-refractivity contribution in [2.45, 2.75) is 78.9 Å². The molecule has 2 atom stereocenters. The first-order valence-corrected chi connectivity index (χ1v) is 14.3. The van der Waals surface area contributed by atoms with Crippen LogP contribution in [0.5, 0.6) is 5.75 Å². The molecule has 0 saturated carbocycles. The predicted octanol–water partition coefficient (Wildman–Crippen LogP) is 6.84. The SMILES string of the molecule is COC[C@H](C/C=C\C(C)C)[C@H](c1nccs1)N(CC(=O)OC(C)(C)C)C(=O)c1ccc(C(C)(C)C)c(OC)c1. The average molecular weight is 559 g/mol. The van der Waals surface area contributed by atoms with E-state index >= 15 is 0 Å². The van der Waals surface area contributed by atoms with Gasteiger partial charge in [0, 0.05) is 30.2 Å². The van der Waals surface area contributed by atoms with Crippen molar-refractivity contribution in [3.63, 3.8) is 0 Å². The molecule has 0 radical (unpaired) electrons. The molecule has 0 saturated heterocycles. The number of hydrogen-bond donors (Lipinski definition) is 0. The Hall–Kier alpha value is -2.71. The number of carbonyl (C=O) groups is 2. The van der Waals surface area contributed by atoms with Crippen LogP contribution in [-0.2, 0) is 19.7 Å². The van der Waals surface area contributed by atoms with E-state index in [2.05, 4.69) is 51.8 Å². The van der Waals surface area contributed by atoms with Crippen LogP contribution < -0.4 is 4.74 Å². The number of methoxy groups -OCH3 is 2. The van der Waals surface area contributed by atoms with Crippen LogP contribution in [0.2, 0.25) is 0 Å². The normalized spacial score (nSPS) is 13.9. The minimum Gasteiger partial charge on any atom is -0.496 e. The lowest BCUT2D eigenvalue weighted by molar-refractivity contribution is -0.156. The van der Waals surface area contributed by atoms with Crippen LogP contribution in [0.3, 0.4) is 0 Å². The monoisotopic (exact) mass is 558 g/mol. The molecule has 0 aliphatic heterocycles. The maximum Gasteiger partial charge on any atom is 0.326 e. The molecule has 0 spiro atoms. The zero-order valence-corrected chi connectivity index (χ0v) is 26.1. The number of thiazole rings is 1. The van der Waals surface area contributed by atoms with Gasteiger partial charge in [-0.25, -0.2) is 4.98 Å². The van der Waals surface area contributed by atoms with E-state index < -0.39 is 17.6 Å². The molecule has 0 aliphatic rings. The van der Waals surface area contributed by atoms with Gasteiger partial charge in [0.25, 0.3) is 5.91 Å². The number of hydrogen-bond acceptors (Lipinski definition) is 7. The number of amides is 1. The van der Waals surface area contributed by atoms with Crippen molar-refractivity contribution < 1.29 is 23.8 Å². The second-order valence-electron chi connectivity index (χ2n) is 12.1. The van der Waals surface area contributed by atoms with E-state index in [9.17, 15) is 9.59 Å². The van der Waals surface area contributed by atoms with Crippen LogP contribution in [0.25, 0.3) is 0 Å². The third kappa shape index (κ3) is 9.76.